The lowest BCUT2D eigenvalue weighted by Crippen LogP contribution is -2.16. The Bertz CT molecular complexity index is 356. The van der Waals surface area contributed by atoms with Crippen molar-refractivity contribution >= 4 is 11.8 Å². The van der Waals surface area contributed by atoms with Crippen LogP contribution in [0.3, 0.4) is 0 Å². The Balaban J connectivity index is 1.23. The highest BCUT2D eigenvalue weighted by Gasteiger charge is 2.21. The van der Waals surface area contributed by atoms with E-state index in [1.807, 2.05) is 0 Å². The third kappa shape index (κ3) is 13.6. The predicted octanol–water partition coefficient (Wildman–Crippen LogP) is 10.8. The molecular formula is C30H58S. The van der Waals surface area contributed by atoms with E-state index in [1.165, 1.54) is 153 Å². The van der Waals surface area contributed by atoms with E-state index in [1.54, 1.807) is 0 Å². The fraction of sp³-hybridized carbons (Fsp3) is 1.00. The van der Waals surface area contributed by atoms with Crippen LogP contribution in [0.5, 0.6) is 0 Å². The van der Waals surface area contributed by atoms with Crippen molar-refractivity contribution < 1.29 is 0 Å². The number of hydrogen-bond donors (Lipinski definition) is 0. The van der Waals surface area contributed by atoms with Gasteiger partial charge in [-0.25, -0.2) is 0 Å². The Hall–Kier alpha value is 0.350. The summed E-state index contributed by atoms with van der Waals surface area (Å²) in [5.74, 6) is 6.99. The van der Waals surface area contributed by atoms with E-state index >= 15 is 0 Å². The van der Waals surface area contributed by atoms with Gasteiger partial charge >= 0.3 is 0 Å². The minimum atomic E-state index is 1.01. The molecule has 4 atom stereocenters. The van der Waals surface area contributed by atoms with E-state index in [0.717, 1.165) is 23.7 Å². The molecule has 0 saturated heterocycles. The highest BCUT2D eigenvalue weighted by Crippen LogP contribution is 2.34. The first-order valence-corrected chi connectivity index (χ1v) is 16.0. The molecule has 1 heteroatoms. The van der Waals surface area contributed by atoms with Crippen LogP contribution in [0.2, 0.25) is 0 Å². The fourth-order valence-corrected chi connectivity index (χ4v) is 7.40. The quantitative estimate of drug-likeness (QED) is 0.187. The average Bonchev–Trinajstić information content (AvgIpc) is 2.78. The molecule has 2 saturated carbocycles. The number of hydrogen-bond acceptors (Lipinski definition) is 1. The minimum absolute atomic E-state index is 1.01. The van der Waals surface area contributed by atoms with Crippen molar-refractivity contribution in [2.75, 3.05) is 11.5 Å². The smallest absolute Gasteiger partial charge is 0.00675 e. The van der Waals surface area contributed by atoms with Crippen LogP contribution in [-0.2, 0) is 0 Å². The number of thioether (sulfide) groups is 1. The molecule has 0 amide bonds. The topological polar surface area (TPSA) is 0 Å². The van der Waals surface area contributed by atoms with Crippen LogP contribution < -0.4 is 0 Å². The lowest BCUT2D eigenvalue weighted by molar-refractivity contribution is 0.236. The molecule has 0 heterocycles. The summed E-state index contributed by atoms with van der Waals surface area (Å²) in [7, 11) is 0. The molecule has 2 aliphatic rings. The third-order valence-corrected chi connectivity index (χ3v) is 9.96. The summed E-state index contributed by atoms with van der Waals surface area (Å²) in [5.41, 5.74) is 0. The maximum atomic E-state index is 2.50. The van der Waals surface area contributed by atoms with Crippen LogP contribution in [0.25, 0.3) is 0 Å². The average molecular weight is 451 g/mol. The first-order valence-electron chi connectivity index (χ1n) is 14.8. The van der Waals surface area contributed by atoms with Crippen molar-refractivity contribution in [3.05, 3.63) is 0 Å². The summed E-state index contributed by atoms with van der Waals surface area (Å²) < 4.78 is 0. The molecule has 0 aromatic rings. The van der Waals surface area contributed by atoms with E-state index < -0.39 is 0 Å². The minimum Gasteiger partial charge on any atom is -0.162 e. The van der Waals surface area contributed by atoms with Crippen molar-refractivity contribution in [1.29, 1.82) is 0 Å². The lowest BCUT2D eigenvalue weighted by atomic mass is 9.78. The molecule has 0 radical (unpaired) electrons. The van der Waals surface area contributed by atoms with Crippen molar-refractivity contribution in [3.8, 4) is 0 Å². The normalized spacial score (nSPS) is 26.9. The molecule has 0 aromatic heterocycles. The van der Waals surface area contributed by atoms with Crippen LogP contribution in [0.15, 0.2) is 0 Å². The first-order chi connectivity index (χ1) is 15.3. The zero-order valence-corrected chi connectivity index (χ0v) is 22.5. The van der Waals surface area contributed by atoms with Gasteiger partial charge in [0.2, 0.25) is 0 Å². The van der Waals surface area contributed by atoms with Crippen molar-refractivity contribution in [1.82, 2.24) is 0 Å². The first kappa shape index (κ1) is 27.6. The molecule has 2 fully saturated rings. The molecule has 184 valence electrons. The maximum absolute atomic E-state index is 2.50. The zero-order chi connectivity index (χ0) is 22.0. The van der Waals surface area contributed by atoms with Gasteiger partial charge in [0.25, 0.3) is 0 Å². The summed E-state index contributed by atoms with van der Waals surface area (Å²) in [5, 5.41) is 0. The van der Waals surface area contributed by atoms with Crippen molar-refractivity contribution in [3.63, 3.8) is 0 Å². The van der Waals surface area contributed by atoms with E-state index in [0.29, 0.717) is 0 Å². The molecule has 0 bridgehead atoms. The number of rotatable bonds is 18. The van der Waals surface area contributed by atoms with E-state index in [9.17, 15) is 0 Å². The van der Waals surface area contributed by atoms with Crippen LogP contribution in [-0.4, -0.2) is 11.5 Å². The molecule has 2 rings (SSSR count). The van der Waals surface area contributed by atoms with Gasteiger partial charge in [-0.1, -0.05) is 142 Å². The Labute approximate surface area is 201 Å². The van der Waals surface area contributed by atoms with Gasteiger partial charge in [-0.05, 0) is 48.0 Å². The second kappa shape index (κ2) is 18.7. The fourth-order valence-electron chi connectivity index (χ4n) is 6.38. The summed E-state index contributed by atoms with van der Waals surface area (Å²) in [4.78, 5) is 0. The standard InChI is InChI=1S/C30H58S/c1-27-19-13-15-23-29(27)21-11-7-3-5-9-17-25-31-26-18-10-6-4-8-12-22-30-24-16-14-20-28(30)2/h27-30H,3-26H2,1-2H3. The van der Waals surface area contributed by atoms with Gasteiger partial charge in [0, 0.05) is 0 Å². The highest BCUT2D eigenvalue weighted by molar-refractivity contribution is 7.99. The Kier molecular flexibility index (Phi) is 16.7. The van der Waals surface area contributed by atoms with Crippen molar-refractivity contribution in [2.24, 2.45) is 23.7 Å². The van der Waals surface area contributed by atoms with E-state index in [-0.39, 0.29) is 0 Å². The second-order valence-electron chi connectivity index (χ2n) is 11.5. The summed E-state index contributed by atoms with van der Waals surface area (Å²) in [6.45, 7) is 5.00. The Morgan fingerprint density at radius 1 is 0.452 bits per heavy atom. The molecule has 0 nitrogen and oxygen atoms in total. The SMILES string of the molecule is CC1CCCCC1CCCCCCCCSCCCCCCCCC1CCCCC1C. The molecule has 2 aliphatic carbocycles. The van der Waals surface area contributed by atoms with Crippen LogP contribution in [0.4, 0.5) is 0 Å². The van der Waals surface area contributed by atoms with Gasteiger partial charge in [0.15, 0.2) is 0 Å². The third-order valence-electron chi connectivity index (χ3n) is 8.81. The van der Waals surface area contributed by atoms with E-state index in [2.05, 4.69) is 25.6 Å². The van der Waals surface area contributed by atoms with Crippen LogP contribution in [0.1, 0.15) is 155 Å². The Morgan fingerprint density at radius 3 is 1.23 bits per heavy atom. The summed E-state index contributed by atoms with van der Waals surface area (Å²) in [6, 6.07) is 0. The molecule has 0 N–H and O–H groups in total. The molecule has 0 aromatic carbocycles. The zero-order valence-electron chi connectivity index (χ0n) is 21.7. The maximum Gasteiger partial charge on any atom is -0.00675 e. The van der Waals surface area contributed by atoms with Gasteiger partial charge in [-0.3, -0.25) is 0 Å². The molecule has 4 unspecified atom stereocenters. The highest BCUT2D eigenvalue weighted by atomic mass is 32.2. The molecular weight excluding hydrogens is 392 g/mol. The lowest BCUT2D eigenvalue weighted by Gasteiger charge is -2.28. The van der Waals surface area contributed by atoms with Gasteiger partial charge in [-0.2, -0.15) is 11.8 Å². The van der Waals surface area contributed by atoms with Gasteiger partial charge in [-0.15, -0.1) is 0 Å². The van der Waals surface area contributed by atoms with Gasteiger partial charge in [0.05, 0.1) is 0 Å². The van der Waals surface area contributed by atoms with Gasteiger partial charge in [0.1, 0.15) is 0 Å². The summed E-state index contributed by atoms with van der Waals surface area (Å²) in [6.07, 6.45) is 32.9. The van der Waals surface area contributed by atoms with Gasteiger partial charge < -0.3 is 0 Å². The Morgan fingerprint density at radius 2 is 0.806 bits per heavy atom. The number of unbranched alkanes of at least 4 members (excludes halogenated alkanes) is 10. The molecule has 0 spiro atoms. The molecule has 31 heavy (non-hydrogen) atoms. The van der Waals surface area contributed by atoms with Crippen LogP contribution in [0, 0.1) is 23.7 Å². The largest absolute Gasteiger partial charge is 0.162 e. The van der Waals surface area contributed by atoms with Crippen molar-refractivity contribution in [2.45, 2.75) is 155 Å². The van der Waals surface area contributed by atoms with Crippen LogP contribution >= 0.6 is 11.8 Å². The molecule has 0 aliphatic heterocycles. The monoisotopic (exact) mass is 450 g/mol. The second-order valence-corrected chi connectivity index (χ2v) is 12.7. The predicted molar refractivity (Wildman–Crippen MR) is 144 cm³/mol. The summed E-state index contributed by atoms with van der Waals surface area (Å²) >= 11 is 2.23. The van der Waals surface area contributed by atoms with E-state index in [4.69, 9.17) is 0 Å².